The predicted molar refractivity (Wildman–Crippen MR) is 70.3 cm³/mol. The summed E-state index contributed by atoms with van der Waals surface area (Å²) in [5, 5.41) is 12.1. The van der Waals surface area contributed by atoms with Gasteiger partial charge < -0.3 is 10.1 Å². The van der Waals surface area contributed by atoms with Crippen molar-refractivity contribution >= 4 is 5.69 Å². The number of nitrogens with zero attached hydrogens (tertiary/aromatic N) is 2. The molecule has 0 unspecified atom stereocenters. The molecule has 1 aliphatic rings. The Hall–Kier alpha value is -1.60. The molecule has 18 heavy (non-hydrogen) atoms. The highest BCUT2D eigenvalue weighted by Crippen LogP contribution is 2.20. The summed E-state index contributed by atoms with van der Waals surface area (Å²) in [6, 6.07) is 3.86. The fraction of sp³-hybridized carbons (Fsp3) is 0.571. The van der Waals surface area contributed by atoms with Crippen LogP contribution in [-0.4, -0.2) is 24.2 Å². The van der Waals surface area contributed by atoms with Gasteiger partial charge in [-0.25, -0.2) is 0 Å². The van der Waals surface area contributed by atoms with Crippen molar-refractivity contribution in [2.45, 2.75) is 38.2 Å². The minimum atomic E-state index is 0.435. The average molecular weight is 245 g/mol. The van der Waals surface area contributed by atoms with Crippen molar-refractivity contribution in [1.82, 2.24) is 4.98 Å². The second-order valence-electron chi connectivity index (χ2n) is 4.59. The summed E-state index contributed by atoms with van der Waals surface area (Å²) in [4.78, 5) is 4.01. The number of pyridine rings is 1. The van der Waals surface area contributed by atoms with Crippen LogP contribution in [0.1, 0.15) is 37.7 Å². The van der Waals surface area contributed by atoms with Gasteiger partial charge in [0.2, 0.25) is 0 Å². The lowest BCUT2D eigenvalue weighted by Gasteiger charge is -2.22. The molecule has 4 heteroatoms. The Labute approximate surface area is 108 Å². The molecule has 1 fully saturated rings. The van der Waals surface area contributed by atoms with Crippen molar-refractivity contribution in [3.8, 4) is 6.07 Å². The van der Waals surface area contributed by atoms with Crippen molar-refractivity contribution in [2.75, 3.05) is 18.5 Å². The molecule has 0 aliphatic heterocycles. The Morgan fingerprint density at radius 1 is 1.39 bits per heavy atom. The van der Waals surface area contributed by atoms with Crippen LogP contribution in [0.3, 0.4) is 0 Å². The lowest BCUT2D eigenvalue weighted by Crippen LogP contribution is -2.20. The summed E-state index contributed by atoms with van der Waals surface area (Å²) in [7, 11) is 0. The lowest BCUT2D eigenvalue weighted by molar-refractivity contribution is 0.0347. The fourth-order valence-electron chi connectivity index (χ4n) is 2.28. The molecule has 0 atom stereocenters. The van der Waals surface area contributed by atoms with Gasteiger partial charge in [-0.3, -0.25) is 4.98 Å². The van der Waals surface area contributed by atoms with E-state index in [2.05, 4.69) is 16.4 Å². The number of nitrogens with one attached hydrogen (secondary N) is 1. The molecule has 0 amide bonds. The van der Waals surface area contributed by atoms with Crippen LogP contribution >= 0.6 is 0 Å². The van der Waals surface area contributed by atoms with Crippen molar-refractivity contribution in [3.63, 3.8) is 0 Å². The van der Waals surface area contributed by atoms with E-state index in [1.165, 1.54) is 32.1 Å². The monoisotopic (exact) mass is 245 g/mol. The molecule has 2 rings (SSSR count). The molecule has 1 heterocycles. The van der Waals surface area contributed by atoms with Crippen LogP contribution in [-0.2, 0) is 4.74 Å². The van der Waals surface area contributed by atoms with E-state index in [9.17, 15) is 0 Å². The van der Waals surface area contributed by atoms with E-state index >= 15 is 0 Å². The van der Waals surface area contributed by atoms with Gasteiger partial charge in [0.1, 0.15) is 6.07 Å². The summed E-state index contributed by atoms with van der Waals surface area (Å²) in [5.41, 5.74) is 1.41. The second kappa shape index (κ2) is 6.97. The maximum Gasteiger partial charge on any atom is 0.101 e. The van der Waals surface area contributed by atoms with Crippen molar-refractivity contribution in [3.05, 3.63) is 24.0 Å². The molecule has 96 valence electrons. The summed E-state index contributed by atoms with van der Waals surface area (Å²) >= 11 is 0. The summed E-state index contributed by atoms with van der Waals surface area (Å²) in [6.45, 7) is 1.40. The smallest absolute Gasteiger partial charge is 0.101 e. The van der Waals surface area contributed by atoms with Crippen LogP contribution in [0.15, 0.2) is 18.5 Å². The molecule has 0 radical (unpaired) electrons. The summed E-state index contributed by atoms with van der Waals surface area (Å²) in [5.74, 6) is 0. The van der Waals surface area contributed by atoms with Crippen LogP contribution in [0.25, 0.3) is 0 Å². The third kappa shape index (κ3) is 3.71. The Kier molecular flexibility index (Phi) is 4.98. The number of nitriles is 1. The number of hydrogen-bond acceptors (Lipinski definition) is 4. The quantitative estimate of drug-likeness (QED) is 0.810. The van der Waals surface area contributed by atoms with Gasteiger partial charge in [-0.15, -0.1) is 0 Å². The van der Waals surface area contributed by atoms with Crippen LogP contribution in [0.2, 0.25) is 0 Å². The fourth-order valence-corrected chi connectivity index (χ4v) is 2.28. The average Bonchev–Trinajstić information content (AvgIpc) is 2.45. The third-order valence-electron chi connectivity index (χ3n) is 3.26. The molecule has 0 saturated heterocycles. The van der Waals surface area contributed by atoms with Gasteiger partial charge in [0.05, 0.1) is 30.2 Å². The first-order valence-corrected chi connectivity index (χ1v) is 6.60. The van der Waals surface area contributed by atoms with Gasteiger partial charge in [-0.05, 0) is 18.9 Å². The molecule has 1 saturated carbocycles. The number of ether oxygens (including phenoxy) is 1. The Morgan fingerprint density at radius 3 is 3.00 bits per heavy atom. The molecule has 1 aliphatic carbocycles. The van der Waals surface area contributed by atoms with Crippen LogP contribution in [0, 0.1) is 11.3 Å². The van der Waals surface area contributed by atoms with E-state index in [0.717, 1.165) is 12.2 Å². The van der Waals surface area contributed by atoms with E-state index in [1.807, 2.05) is 0 Å². The van der Waals surface area contributed by atoms with Crippen molar-refractivity contribution in [2.24, 2.45) is 0 Å². The zero-order valence-corrected chi connectivity index (χ0v) is 10.6. The van der Waals surface area contributed by atoms with Gasteiger partial charge in [-0.1, -0.05) is 19.3 Å². The number of anilines is 1. The number of aromatic nitrogens is 1. The largest absolute Gasteiger partial charge is 0.380 e. The van der Waals surface area contributed by atoms with Crippen LogP contribution < -0.4 is 5.32 Å². The van der Waals surface area contributed by atoms with E-state index in [0.29, 0.717) is 18.3 Å². The number of rotatable bonds is 5. The van der Waals surface area contributed by atoms with Crippen molar-refractivity contribution in [1.29, 1.82) is 5.26 Å². The van der Waals surface area contributed by atoms with Gasteiger partial charge in [-0.2, -0.15) is 5.26 Å². The second-order valence-corrected chi connectivity index (χ2v) is 4.59. The zero-order chi connectivity index (χ0) is 12.6. The van der Waals surface area contributed by atoms with Crippen LogP contribution in [0.4, 0.5) is 5.69 Å². The van der Waals surface area contributed by atoms with Gasteiger partial charge in [0, 0.05) is 12.7 Å². The Bertz CT molecular complexity index is 408. The molecule has 0 bridgehead atoms. The highest BCUT2D eigenvalue weighted by Gasteiger charge is 2.13. The molecular formula is C14H19N3O. The van der Waals surface area contributed by atoms with Gasteiger partial charge in [0.15, 0.2) is 0 Å². The van der Waals surface area contributed by atoms with E-state index in [-0.39, 0.29) is 0 Å². The SMILES string of the molecule is N#Cc1ccncc1NCCOC1CCCCC1. The lowest BCUT2D eigenvalue weighted by atomic mass is 9.98. The minimum Gasteiger partial charge on any atom is -0.380 e. The Morgan fingerprint density at radius 2 is 2.22 bits per heavy atom. The maximum atomic E-state index is 8.93. The normalized spacial score (nSPS) is 16.2. The van der Waals surface area contributed by atoms with Crippen molar-refractivity contribution < 1.29 is 4.74 Å². The third-order valence-corrected chi connectivity index (χ3v) is 3.26. The number of hydrogen-bond donors (Lipinski definition) is 1. The van der Waals surface area contributed by atoms with E-state index in [1.54, 1.807) is 18.5 Å². The van der Waals surface area contributed by atoms with E-state index < -0.39 is 0 Å². The van der Waals surface area contributed by atoms with Gasteiger partial charge in [0.25, 0.3) is 0 Å². The van der Waals surface area contributed by atoms with Gasteiger partial charge >= 0.3 is 0 Å². The molecule has 0 aromatic carbocycles. The van der Waals surface area contributed by atoms with E-state index in [4.69, 9.17) is 10.00 Å². The topological polar surface area (TPSA) is 57.9 Å². The Balaban J connectivity index is 1.70. The predicted octanol–water partition coefficient (Wildman–Crippen LogP) is 2.71. The maximum absolute atomic E-state index is 8.93. The standard InChI is InChI=1S/C14H19N3O/c15-10-12-6-7-16-11-14(12)17-8-9-18-13-4-2-1-3-5-13/h6-7,11,13,17H,1-5,8-9H2. The first-order valence-electron chi connectivity index (χ1n) is 6.60. The molecule has 1 N–H and O–H groups in total. The highest BCUT2D eigenvalue weighted by molar-refractivity contribution is 5.55. The van der Waals surface area contributed by atoms with Crippen LogP contribution in [0.5, 0.6) is 0 Å². The molecule has 1 aromatic rings. The summed E-state index contributed by atoms with van der Waals surface area (Å²) in [6.07, 6.45) is 10.1. The minimum absolute atomic E-state index is 0.435. The highest BCUT2D eigenvalue weighted by atomic mass is 16.5. The molecule has 1 aromatic heterocycles. The molecule has 0 spiro atoms. The molecular weight excluding hydrogens is 226 g/mol. The first kappa shape index (κ1) is 12.8. The zero-order valence-electron chi connectivity index (χ0n) is 10.6. The first-order chi connectivity index (χ1) is 8.90. The molecule has 4 nitrogen and oxygen atoms in total. The summed E-state index contributed by atoms with van der Waals surface area (Å²) < 4.78 is 5.81.